The van der Waals surface area contributed by atoms with Crippen molar-refractivity contribution in [1.29, 1.82) is 0 Å². The summed E-state index contributed by atoms with van der Waals surface area (Å²) in [6.45, 7) is 5.85. The molecule has 5 heteroatoms. The van der Waals surface area contributed by atoms with Crippen molar-refractivity contribution in [3.05, 3.63) is 122 Å². The fourth-order valence-corrected chi connectivity index (χ4v) is 4.54. The molecule has 0 aliphatic carbocycles. The molecule has 0 saturated carbocycles. The van der Waals surface area contributed by atoms with Crippen molar-refractivity contribution in [3.63, 3.8) is 0 Å². The van der Waals surface area contributed by atoms with Gasteiger partial charge in [-0.15, -0.1) is 0 Å². The van der Waals surface area contributed by atoms with Crippen LogP contribution in [0.5, 0.6) is 0 Å². The molecule has 0 amide bonds. The summed E-state index contributed by atoms with van der Waals surface area (Å²) in [5, 5.41) is 4.16. The first kappa shape index (κ1) is 22.4. The third-order valence-electron chi connectivity index (χ3n) is 6.28. The maximum atomic E-state index is 13.4. The molecular formula is C30H26N2O3. The maximum Gasteiger partial charge on any atom is 0.248 e. The monoisotopic (exact) mass is 462 g/mol. The zero-order chi connectivity index (χ0) is 24.5. The van der Waals surface area contributed by atoms with Crippen LogP contribution in [0, 0.1) is 13.8 Å². The van der Waals surface area contributed by atoms with E-state index >= 15 is 0 Å². The third-order valence-corrected chi connectivity index (χ3v) is 6.28. The predicted octanol–water partition coefficient (Wildman–Crippen LogP) is 6.61. The molecule has 5 aromatic rings. The molecule has 0 aliphatic heterocycles. The van der Waals surface area contributed by atoms with Crippen LogP contribution in [-0.4, -0.2) is 4.98 Å². The van der Waals surface area contributed by atoms with Crippen LogP contribution in [0.25, 0.3) is 33.4 Å². The first-order valence-corrected chi connectivity index (χ1v) is 11.6. The molecule has 0 bridgehead atoms. The number of hydrogen-bond donors (Lipinski definition) is 2. The topological polar surface area (TPSA) is 75.1 Å². The van der Waals surface area contributed by atoms with Crippen molar-refractivity contribution in [3.8, 4) is 22.5 Å². The summed E-state index contributed by atoms with van der Waals surface area (Å²) in [6, 6.07) is 24.8. The van der Waals surface area contributed by atoms with Crippen molar-refractivity contribution in [2.75, 3.05) is 5.32 Å². The van der Waals surface area contributed by atoms with Gasteiger partial charge in [0.05, 0.1) is 11.4 Å². The molecular weight excluding hydrogens is 436 g/mol. The summed E-state index contributed by atoms with van der Waals surface area (Å²) >= 11 is 0. The van der Waals surface area contributed by atoms with E-state index in [0.29, 0.717) is 22.3 Å². The van der Waals surface area contributed by atoms with E-state index in [4.69, 9.17) is 4.42 Å². The number of para-hydroxylation sites is 1. The van der Waals surface area contributed by atoms with E-state index < -0.39 is 0 Å². The standard InChI is InChI=1S/C30H26N2O3/c1-18-15-24(20(3)32-26-12-8-7-11-23(26)22-13-14-31-27(33)17-22)30-25(16-18)28(34)19(2)29(35-30)21-9-5-4-6-10-21/h4-17,20,32H,1-3H3,(H,31,33)/t20-/m1/s1. The van der Waals surface area contributed by atoms with Crippen molar-refractivity contribution < 1.29 is 4.42 Å². The number of fused-ring (bicyclic) bond motifs is 1. The number of anilines is 1. The van der Waals surface area contributed by atoms with E-state index in [9.17, 15) is 9.59 Å². The first-order chi connectivity index (χ1) is 16.9. The van der Waals surface area contributed by atoms with Crippen LogP contribution >= 0.6 is 0 Å². The molecule has 0 spiro atoms. The van der Waals surface area contributed by atoms with Gasteiger partial charge in [0, 0.05) is 40.2 Å². The van der Waals surface area contributed by atoms with Gasteiger partial charge >= 0.3 is 0 Å². The van der Waals surface area contributed by atoms with Crippen molar-refractivity contribution in [2.24, 2.45) is 0 Å². The molecule has 2 heterocycles. The van der Waals surface area contributed by atoms with Crippen LogP contribution in [0.15, 0.2) is 99.1 Å². The Morgan fingerprint density at radius 1 is 0.857 bits per heavy atom. The second-order valence-electron chi connectivity index (χ2n) is 8.84. The minimum atomic E-state index is -0.171. The Morgan fingerprint density at radius 2 is 1.60 bits per heavy atom. The maximum absolute atomic E-state index is 13.4. The number of rotatable bonds is 5. The average Bonchev–Trinajstić information content (AvgIpc) is 2.87. The highest BCUT2D eigenvalue weighted by Gasteiger charge is 2.19. The normalized spacial score (nSPS) is 12.0. The molecule has 0 radical (unpaired) electrons. The van der Waals surface area contributed by atoms with Gasteiger partial charge in [0.25, 0.3) is 0 Å². The number of pyridine rings is 1. The zero-order valence-electron chi connectivity index (χ0n) is 19.9. The van der Waals surface area contributed by atoms with Gasteiger partial charge in [0.1, 0.15) is 11.3 Å². The minimum absolute atomic E-state index is 0.0221. The second kappa shape index (κ2) is 9.11. The minimum Gasteiger partial charge on any atom is -0.455 e. The molecule has 3 aromatic carbocycles. The predicted molar refractivity (Wildman–Crippen MR) is 142 cm³/mol. The van der Waals surface area contributed by atoms with Gasteiger partial charge in [-0.05, 0) is 50.1 Å². The Labute approximate surface area is 203 Å². The van der Waals surface area contributed by atoms with Crippen molar-refractivity contribution in [2.45, 2.75) is 26.8 Å². The Kier molecular flexibility index (Phi) is 5.83. The number of nitrogens with one attached hydrogen (secondary N) is 2. The number of aromatic amines is 1. The molecule has 5 nitrogen and oxygen atoms in total. The number of hydrogen-bond acceptors (Lipinski definition) is 4. The Balaban J connectivity index is 1.64. The third kappa shape index (κ3) is 4.28. The lowest BCUT2D eigenvalue weighted by Crippen LogP contribution is -2.13. The summed E-state index contributed by atoms with van der Waals surface area (Å²) in [5.74, 6) is 0.587. The highest BCUT2D eigenvalue weighted by atomic mass is 16.3. The Hall–Kier alpha value is -4.38. The van der Waals surface area contributed by atoms with Gasteiger partial charge in [0.2, 0.25) is 5.56 Å². The first-order valence-electron chi connectivity index (χ1n) is 11.6. The summed E-state index contributed by atoms with van der Waals surface area (Å²) in [5.41, 5.74) is 6.40. The molecule has 1 atom stereocenters. The van der Waals surface area contributed by atoms with Crippen LogP contribution in [0.1, 0.15) is 29.7 Å². The zero-order valence-corrected chi connectivity index (χ0v) is 19.9. The molecule has 35 heavy (non-hydrogen) atoms. The summed E-state index contributed by atoms with van der Waals surface area (Å²) < 4.78 is 6.45. The highest BCUT2D eigenvalue weighted by molar-refractivity contribution is 5.85. The molecule has 2 aromatic heterocycles. The molecule has 0 fully saturated rings. The fraction of sp³-hybridized carbons (Fsp3) is 0.133. The quantitative estimate of drug-likeness (QED) is 0.308. The summed E-state index contributed by atoms with van der Waals surface area (Å²) in [4.78, 5) is 27.9. The van der Waals surface area contributed by atoms with Crippen LogP contribution in [0.4, 0.5) is 5.69 Å². The molecule has 174 valence electrons. The van der Waals surface area contributed by atoms with E-state index in [1.165, 1.54) is 0 Å². The largest absolute Gasteiger partial charge is 0.455 e. The van der Waals surface area contributed by atoms with Crippen LogP contribution in [-0.2, 0) is 0 Å². The van der Waals surface area contributed by atoms with E-state index in [2.05, 4.69) is 16.4 Å². The van der Waals surface area contributed by atoms with Crippen molar-refractivity contribution >= 4 is 16.7 Å². The SMILES string of the molecule is Cc1cc([C@@H](C)Nc2ccccc2-c2cc[nH]c(=O)c2)c2oc(-c3ccccc3)c(C)c(=O)c2c1. The molecule has 5 rings (SSSR count). The number of benzene rings is 3. The van der Waals surface area contributed by atoms with Gasteiger partial charge in [-0.3, -0.25) is 9.59 Å². The van der Waals surface area contributed by atoms with Gasteiger partial charge < -0.3 is 14.7 Å². The van der Waals surface area contributed by atoms with E-state index in [1.807, 2.05) is 87.5 Å². The van der Waals surface area contributed by atoms with Crippen LogP contribution in [0.3, 0.4) is 0 Å². The molecule has 2 N–H and O–H groups in total. The summed E-state index contributed by atoms with van der Waals surface area (Å²) in [6.07, 6.45) is 1.65. The fourth-order valence-electron chi connectivity index (χ4n) is 4.54. The van der Waals surface area contributed by atoms with Crippen molar-refractivity contribution in [1.82, 2.24) is 4.98 Å². The molecule has 0 aliphatic rings. The lowest BCUT2D eigenvalue weighted by Gasteiger charge is -2.21. The highest BCUT2D eigenvalue weighted by Crippen LogP contribution is 2.34. The van der Waals surface area contributed by atoms with Gasteiger partial charge in [0.15, 0.2) is 5.43 Å². The average molecular weight is 463 g/mol. The number of H-pyrrole nitrogens is 1. The lowest BCUT2D eigenvalue weighted by atomic mass is 9.98. The van der Waals surface area contributed by atoms with Gasteiger partial charge in [-0.1, -0.05) is 54.6 Å². The van der Waals surface area contributed by atoms with Gasteiger partial charge in [-0.2, -0.15) is 0 Å². The Morgan fingerprint density at radius 3 is 2.37 bits per heavy atom. The summed E-state index contributed by atoms with van der Waals surface area (Å²) in [7, 11) is 0. The van der Waals surface area contributed by atoms with E-state index in [1.54, 1.807) is 12.3 Å². The van der Waals surface area contributed by atoms with E-state index in [0.717, 1.165) is 33.5 Å². The number of aryl methyl sites for hydroxylation is 1. The van der Waals surface area contributed by atoms with Crippen LogP contribution in [0.2, 0.25) is 0 Å². The molecule has 0 unspecified atom stereocenters. The van der Waals surface area contributed by atoms with E-state index in [-0.39, 0.29) is 17.0 Å². The smallest absolute Gasteiger partial charge is 0.248 e. The molecule has 0 saturated heterocycles. The lowest BCUT2D eigenvalue weighted by molar-refractivity contribution is 0.605. The van der Waals surface area contributed by atoms with Gasteiger partial charge in [-0.25, -0.2) is 0 Å². The second-order valence-corrected chi connectivity index (χ2v) is 8.84. The Bertz CT molecular complexity index is 1650. The van der Waals surface area contributed by atoms with Crippen LogP contribution < -0.4 is 16.3 Å². The number of aromatic nitrogens is 1.